The van der Waals surface area contributed by atoms with Gasteiger partial charge in [0.05, 0.1) is 15.6 Å². The summed E-state index contributed by atoms with van der Waals surface area (Å²) in [5.41, 5.74) is 2.23. The first-order valence-corrected chi connectivity index (χ1v) is 9.42. The molecule has 1 aliphatic rings. The van der Waals surface area contributed by atoms with Gasteiger partial charge in [-0.15, -0.1) is 0 Å². The van der Waals surface area contributed by atoms with Crippen LogP contribution in [0.15, 0.2) is 70.0 Å². The first kappa shape index (κ1) is 17.6. The molecule has 0 unspecified atom stereocenters. The Hall–Kier alpha value is -2.76. The molecule has 0 N–H and O–H groups in total. The van der Waals surface area contributed by atoms with Crippen LogP contribution < -0.4 is 4.90 Å². The summed E-state index contributed by atoms with van der Waals surface area (Å²) in [7, 11) is 0. The van der Waals surface area contributed by atoms with Gasteiger partial charge in [0.1, 0.15) is 11.5 Å². The molecular weight excluding hydrogens is 382 g/mol. The van der Waals surface area contributed by atoms with E-state index in [1.54, 1.807) is 36.4 Å². The van der Waals surface area contributed by atoms with Gasteiger partial charge in [0.15, 0.2) is 0 Å². The van der Waals surface area contributed by atoms with E-state index >= 15 is 0 Å². The van der Waals surface area contributed by atoms with Crippen molar-refractivity contribution in [2.24, 2.45) is 0 Å². The first-order valence-electron chi connectivity index (χ1n) is 8.23. The molecule has 4 rings (SSSR count). The van der Waals surface area contributed by atoms with Gasteiger partial charge in [0.25, 0.3) is 11.1 Å². The monoisotopic (exact) mass is 395 g/mol. The number of amides is 2. The summed E-state index contributed by atoms with van der Waals surface area (Å²) in [5.74, 6) is 0.736. The summed E-state index contributed by atoms with van der Waals surface area (Å²) in [6, 6.07) is 18.2. The van der Waals surface area contributed by atoms with E-state index in [1.165, 1.54) is 4.90 Å². The number of para-hydroxylation sites is 1. The maximum absolute atomic E-state index is 12.8. The Kier molecular flexibility index (Phi) is 4.64. The summed E-state index contributed by atoms with van der Waals surface area (Å²) in [4.78, 5) is 26.7. The quantitative estimate of drug-likeness (QED) is 0.499. The maximum atomic E-state index is 12.8. The van der Waals surface area contributed by atoms with Crippen LogP contribution in [-0.4, -0.2) is 11.1 Å². The fourth-order valence-corrected chi connectivity index (χ4v) is 3.90. The average molecular weight is 396 g/mol. The number of halogens is 1. The van der Waals surface area contributed by atoms with Crippen LogP contribution in [0.3, 0.4) is 0 Å². The van der Waals surface area contributed by atoms with Gasteiger partial charge in [0.2, 0.25) is 0 Å². The number of nitrogens with zero attached hydrogens (tertiary/aromatic N) is 1. The number of hydrogen-bond donors (Lipinski definition) is 0. The number of furan rings is 1. The highest BCUT2D eigenvalue weighted by molar-refractivity contribution is 8.19. The van der Waals surface area contributed by atoms with Gasteiger partial charge in [-0.05, 0) is 54.6 Å². The topological polar surface area (TPSA) is 50.5 Å². The van der Waals surface area contributed by atoms with Crippen molar-refractivity contribution in [3.05, 3.63) is 81.9 Å². The Balaban J connectivity index is 1.64. The van der Waals surface area contributed by atoms with Gasteiger partial charge in [-0.25, -0.2) is 4.90 Å². The van der Waals surface area contributed by atoms with Gasteiger partial charge in [-0.2, -0.15) is 0 Å². The number of carbonyl (C=O) groups excluding carboxylic acids is 2. The van der Waals surface area contributed by atoms with E-state index in [1.807, 2.05) is 37.3 Å². The Bertz CT molecular complexity index is 1090. The van der Waals surface area contributed by atoms with Gasteiger partial charge in [0, 0.05) is 11.6 Å². The van der Waals surface area contributed by atoms with E-state index in [9.17, 15) is 9.59 Å². The number of benzene rings is 2. The molecule has 1 aromatic heterocycles. The van der Waals surface area contributed by atoms with Crippen molar-refractivity contribution in [2.45, 2.75) is 6.92 Å². The predicted molar refractivity (Wildman–Crippen MR) is 109 cm³/mol. The molecule has 0 saturated carbocycles. The molecule has 134 valence electrons. The van der Waals surface area contributed by atoms with Crippen molar-refractivity contribution in [1.82, 2.24) is 0 Å². The zero-order valence-electron chi connectivity index (χ0n) is 14.3. The Morgan fingerprint density at radius 2 is 1.74 bits per heavy atom. The van der Waals surface area contributed by atoms with Crippen LogP contribution in [0.2, 0.25) is 5.02 Å². The number of carbonyl (C=O) groups is 2. The third-order valence-corrected chi connectivity index (χ3v) is 5.39. The standard InChI is InChI=1S/C21H14ClNO3S/c1-13-6-2-5-9-17(13)23-20(24)19(27-21(23)25)12-14-10-11-18(26-14)15-7-3-4-8-16(15)22/h2-12H,1H3/b19-12+. The Labute approximate surface area is 165 Å². The molecule has 27 heavy (non-hydrogen) atoms. The lowest BCUT2D eigenvalue weighted by Gasteiger charge is -2.14. The van der Waals surface area contributed by atoms with E-state index in [0.717, 1.165) is 22.9 Å². The van der Waals surface area contributed by atoms with Crippen LogP contribution in [0.5, 0.6) is 0 Å². The molecule has 2 aromatic carbocycles. The second-order valence-electron chi connectivity index (χ2n) is 5.99. The molecule has 1 saturated heterocycles. The Morgan fingerprint density at radius 1 is 1.00 bits per heavy atom. The molecule has 3 aromatic rings. The van der Waals surface area contributed by atoms with Crippen molar-refractivity contribution in [1.29, 1.82) is 0 Å². The van der Waals surface area contributed by atoms with Gasteiger partial charge >= 0.3 is 0 Å². The molecule has 2 heterocycles. The summed E-state index contributed by atoms with van der Waals surface area (Å²) in [5, 5.41) is 0.261. The fraction of sp³-hybridized carbons (Fsp3) is 0.0476. The smallest absolute Gasteiger partial charge is 0.298 e. The summed E-state index contributed by atoms with van der Waals surface area (Å²) in [6.07, 6.45) is 1.59. The fourth-order valence-electron chi connectivity index (χ4n) is 2.86. The largest absolute Gasteiger partial charge is 0.457 e. The number of rotatable bonds is 3. The van der Waals surface area contributed by atoms with Crippen molar-refractivity contribution in [2.75, 3.05) is 4.90 Å². The van der Waals surface area contributed by atoms with Crippen LogP contribution in [0.25, 0.3) is 17.4 Å². The normalized spacial score (nSPS) is 15.8. The first-order chi connectivity index (χ1) is 13.0. The minimum Gasteiger partial charge on any atom is -0.457 e. The van der Waals surface area contributed by atoms with Gasteiger partial charge in [-0.1, -0.05) is 41.9 Å². The van der Waals surface area contributed by atoms with Crippen molar-refractivity contribution in [3.63, 3.8) is 0 Å². The van der Waals surface area contributed by atoms with E-state index < -0.39 is 0 Å². The highest BCUT2D eigenvalue weighted by Crippen LogP contribution is 2.37. The molecule has 2 amide bonds. The lowest BCUT2D eigenvalue weighted by atomic mass is 10.2. The van der Waals surface area contributed by atoms with Crippen molar-refractivity contribution in [3.8, 4) is 11.3 Å². The SMILES string of the molecule is Cc1ccccc1N1C(=O)S/C(=C/c2ccc(-c3ccccc3Cl)o2)C1=O. The molecule has 4 nitrogen and oxygen atoms in total. The minimum atomic E-state index is -0.352. The third kappa shape index (κ3) is 3.31. The zero-order chi connectivity index (χ0) is 19.0. The van der Waals surface area contributed by atoms with Crippen LogP contribution >= 0.6 is 23.4 Å². The maximum Gasteiger partial charge on any atom is 0.298 e. The molecule has 1 aliphatic heterocycles. The number of imide groups is 1. The third-order valence-electron chi connectivity index (χ3n) is 4.19. The van der Waals surface area contributed by atoms with Crippen molar-refractivity contribution >= 4 is 46.3 Å². The van der Waals surface area contributed by atoms with E-state index in [4.69, 9.17) is 16.0 Å². The van der Waals surface area contributed by atoms with Crippen LogP contribution in [0.4, 0.5) is 10.5 Å². The molecule has 0 spiro atoms. The lowest BCUT2D eigenvalue weighted by molar-refractivity contribution is -0.113. The number of hydrogen-bond acceptors (Lipinski definition) is 4. The number of aryl methyl sites for hydroxylation is 1. The molecule has 0 atom stereocenters. The van der Waals surface area contributed by atoms with Crippen molar-refractivity contribution < 1.29 is 14.0 Å². The average Bonchev–Trinajstić information content (AvgIpc) is 3.21. The molecule has 1 fully saturated rings. The van der Waals surface area contributed by atoms with Crippen LogP contribution in [-0.2, 0) is 4.79 Å². The van der Waals surface area contributed by atoms with E-state index in [-0.39, 0.29) is 11.1 Å². The molecule has 0 bridgehead atoms. The highest BCUT2D eigenvalue weighted by Gasteiger charge is 2.37. The highest BCUT2D eigenvalue weighted by atomic mass is 35.5. The zero-order valence-corrected chi connectivity index (χ0v) is 15.9. The van der Waals surface area contributed by atoms with Gasteiger partial charge in [-0.3, -0.25) is 9.59 Å². The number of thioether (sulfide) groups is 1. The summed E-state index contributed by atoms with van der Waals surface area (Å²) >= 11 is 7.10. The van der Waals surface area contributed by atoms with E-state index in [2.05, 4.69) is 0 Å². The second-order valence-corrected chi connectivity index (χ2v) is 7.39. The summed E-state index contributed by atoms with van der Waals surface area (Å²) < 4.78 is 5.80. The Morgan fingerprint density at radius 3 is 2.52 bits per heavy atom. The molecule has 6 heteroatoms. The summed E-state index contributed by atoms with van der Waals surface area (Å²) in [6.45, 7) is 1.87. The van der Waals surface area contributed by atoms with Crippen LogP contribution in [0, 0.1) is 6.92 Å². The lowest BCUT2D eigenvalue weighted by Crippen LogP contribution is -2.28. The molecule has 0 aliphatic carbocycles. The van der Waals surface area contributed by atoms with Gasteiger partial charge < -0.3 is 4.42 Å². The van der Waals surface area contributed by atoms with Crippen LogP contribution in [0.1, 0.15) is 11.3 Å². The molecule has 0 radical (unpaired) electrons. The second kappa shape index (κ2) is 7.10. The minimum absolute atomic E-state index is 0.321. The molecular formula is C21H14ClNO3S. The number of anilines is 1. The van der Waals surface area contributed by atoms with E-state index in [0.29, 0.717) is 27.1 Å². The predicted octanol–water partition coefficient (Wildman–Crippen LogP) is 6.15.